The molecule has 0 bridgehead atoms. The second kappa shape index (κ2) is 10.2. The second-order valence-electron chi connectivity index (χ2n) is 6.40. The number of benzene rings is 2. The van der Waals surface area contributed by atoms with E-state index in [9.17, 15) is 0 Å². The number of hydrogen-bond donors (Lipinski definition) is 2. The fraction of sp³-hybridized carbons (Fsp3) is 0.200. The molecule has 2 heteroatoms. The standard InChI is InChI=1S/C24H28N2.CH4/c1-5-9-17-13-18(10-6-2)24(26)22(14-17)21-15-19(11-7-3)23(25)20(16-21)12-8-4;/h5-8,13-16H,1-4,9-12,25-26H2;1H4. The number of nitrogens with two attached hydrogens (primary N) is 2. The lowest BCUT2D eigenvalue weighted by Crippen LogP contribution is -2.03. The van der Waals surface area contributed by atoms with Crippen LogP contribution in [0.4, 0.5) is 11.4 Å². The zero-order chi connectivity index (χ0) is 19.1. The Morgan fingerprint density at radius 1 is 0.630 bits per heavy atom. The molecule has 0 spiro atoms. The topological polar surface area (TPSA) is 52.0 Å². The van der Waals surface area contributed by atoms with Crippen molar-refractivity contribution in [3.63, 3.8) is 0 Å². The minimum atomic E-state index is 0. The van der Waals surface area contributed by atoms with Crippen LogP contribution in [0.1, 0.15) is 29.7 Å². The first-order valence-corrected chi connectivity index (χ1v) is 8.82. The average molecular weight is 361 g/mol. The molecule has 0 saturated carbocycles. The molecule has 4 N–H and O–H groups in total. The molecule has 0 aliphatic heterocycles. The van der Waals surface area contributed by atoms with Gasteiger partial charge < -0.3 is 11.5 Å². The smallest absolute Gasteiger partial charge is 0.0429 e. The average Bonchev–Trinajstić information content (AvgIpc) is 2.62. The molecule has 0 atom stereocenters. The maximum absolute atomic E-state index is 6.51. The predicted molar refractivity (Wildman–Crippen MR) is 123 cm³/mol. The van der Waals surface area contributed by atoms with Gasteiger partial charge in [0, 0.05) is 16.9 Å². The molecule has 0 aliphatic carbocycles. The van der Waals surface area contributed by atoms with E-state index in [4.69, 9.17) is 11.5 Å². The van der Waals surface area contributed by atoms with Crippen molar-refractivity contribution in [1.29, 1.82) is 0 Å². The van der Waals surface area contributed by atoms with Crippen molar-refractivity contribution in [2.24, 2.45) is 0 Å². The van der Waals surface area contributed by atoms with E-state index in [2.05, 4.69) is 50.6 Å². The Labute approximate surface area is 164 Å². The van der Waals surface area contributed by atoms with Gasteiger partial charge in [-0.1, -0.05) is 37.8 Å². The van der Waals surface area contributed by atoms with Crippen molar-refractivity contribution >= 4 is 11.4 Å². The lowest BCUT2D eigenvalue weighted by molar-refractivity contribution is 1.20. The van der Waals surface area contributed by atoms with Gasteiger partial charge in [-0.15, -0.1) is 26.3 Å². The highest BCUT2D eigenvalue weighted by Crippen LogP contribution is 2.35. The first-order chi connectivity index (χ1) is 12.5. The summed E-state index contributed by atoms with van der Waals surface area (Å²) in [5.41, 5.74) is 20.9. The van der Waals surface area contributed by atoms with Crippen molar-refractivity contribution in [1.82, 2.24) is 0 Å². The summed E-state index contributed by atoms with van der Waals surface area (Å²) < 4.78 is 0. The number of anilines is 2. The molecule has 0 fully saturated rings. The molecule has 27 heavy (non-hydrogen) atoms. The number of rotatable bonds is 9. The van der Waals surface area contributed by atoms with Gasteiger partial charge in [0.05, 0.1) is 0 Å². The summed E-state index contributed by atoms with van der Waals surface area (Å²) in [5, 5.41) is 0. The Bertz CT molecular complexity index is 813. The van der Waals surface area contributed by atoms with Crippen LogP contribution in [-0.4, -0.2) is 0 Å². The molecule has 2 rings (SSSR count). The zero-order valence-electron chi connectivity index (χ0n) is 15.4. The third-order valence-corrected chi connectivity index (χ3v) is 4.46. The number of allylic oxidation sites excluding steroid dienone is 4. The largest absolute Gasteiger partial charge is 0.398 e. The maximum Gasteiger partial charge on any atom is 0.0429 e. The fourth-order valence-corrected chi connectivity index (χ4v) is 3.21. The monoisotopic (exact) mass is 360 g/mol. The Balaban J connectivity index is 0.00000364. The minimum absolute atomic E-state index is 0. The maximum atomic E-state index is 6.51. The quantitative estimate of drug-likeness (QED) is 0.421. The second-order valence-corrected chi connectivity index (χ2v) is 6.40. The van der Waals surface area contributed by atoms with Crippen LogP contribution in [0.15, 0.2) is 74.9 Å². The Morgan fingerprint density at radius 2 is 1.07 bits per heavy atom. The SMILES string of the molecule is C.C=CCc1cc(CC=C)c(N)c(-c2cc(CC=C)c(N)c(CC=C)c2)c1. The molecule has 0 aromatic heterocycles. The summed E-state index contributed by atoms with van der Waals surface area (Å²) in [6.07, 6.45) is 10.5. The predicted octanol–water partition coefficient (Wildman–Crippen LogP) is 6.07. The molecule has 0 amide bonds. The van der Waals surface area contributed by atoms with Gasteiger partial charge in [-0.2, -0.15) is 0 Å². The van der Waals surface area contributed by atoms with Gasteiger partial charge in [0.1, 0.15) is 0 Å². The molecule has 2 aromatic rings. The van der Waals surface area contributed by atoms with E-state index >= 15 is 0 Å². The highest BCUT2D eigenvalue weighted by molar-refractivity contribution is 5.82. The summed E-state index contributed by atoms with van der Waals surface area (Å²) in [6, 6.07) is 8.51. The van der Waals surface area contributed by atoms with Crippen molar-refractivity contribution in [3.05, 3.63) is 97.1 Å². The summed E-state index contributed by atoms with van der Waals surface area (Å²) in [7, 11) is 0. The van der Waals surface area contributed by atoms with E-state index < -0.39 is 0 Å². The summed E-state index contributed by atoms with van der Waals surface area (Å²) in [6.45, 7) is 15.4. The van der Waals surface area contributed by atoms with Crippen LogP contribution in [0.3, 0.4) is 0 Å². The Morgan fingerprint density at radius 3 is 1.52 bits per heavy atom. The van der Waals surface area contributed by atoms with Gasteiger partial charge in [-0.25, -0.2) is 0 Å². The third-order valence-electron chi connectivity index (χ3n) is 4.46. The van der Waals surface area contributed by atoms with E-state index in [1.807, 2.05) is 24.3 Å². The highest BCUT2D eigenvalue weighted by Gasteiger charge is 2.13. The molecule has 0 unspecified atom stereocenters. The van der Waals surface area contributed by atoms with Gasteiger partial charge in [-0.05, 0) is 71.7 Å². The third kappa shape index (κ3) is 5.01. The van der Waals surface area contributed by atoms with Crippen LogP contribution in [0.5, 0.6) is 0 Å². The molecule has 2 aromatic carbocycles. The normalized spacial score (nSPS) is 9.93. The van der Waals surface area contributed by atoms with Crippen molar-refractivity contribution in [3.8, 4) is 11.1 Å². The van der Waals surface area contributed by atoms with Crippen molar-refractivity contribution < 1.29 is 0 Å². The molecule has 2 nitrogen and oxygen atoms in total. The van der Waals surface area contributed by atoms with E-state index in [-0.39, 0.29) is 7.43 Å². The van der Waals surface area contributed by atoms with E-state index in [0.29, 0.717) is 0 Å². The molecule has 0 aliphatic rings. The van der Waals surface area contributed by atoms with E-state index in [1.165, 1.54) is 5.56 Å². The van der Waals surface area contributed by atoms with Crippen LogP contribution in [0.2, 0.25) is 0 Å². The lowest BCUT2D eigenvalue weighted by atomic mass is 9.90. The van der Waals surface area contributed by atoms with Crippen LogP contribution >= 0.6 is 0 Å². The van der Waals surface area contributed by atoms with E-state index in [1.54, 1.807) is 0 Å². The van der Waals surface area contributed by atoms with Gasteiger partial charge in [-0.3, -0.25) is 0 Å². The van der Waals surface area contributed by atoms with Gasteiger partial charge in [0.2, 0.25) is 0 Å². The number of hydrogen-bond acceptors (Lipinski definition) is 2. The van der Waals surface area contributed by atoms with Crippen LogP contribution in [0, 0.1) is 0 Å². The minimum Gasteiger partial charge on any atom is -0.398 e. The molecule has 0 saturated heterocycles. The first-order valence-electron chi connectivity index (χ1n) is 8.82. The fourth-order valence-electron chi connectivity index (χ4n) is 3.21. The first kappa shape index (κ1) is 22.0. The molecule has 0 heterocycles. The lowest BCUT2D eigenvalue weighted by Gasteiger charge is -2.17. The summed E-state index contributed by atoms with van der Waals surface area (Å²) >= 11 is 0. The van der Waals surface area contributed by atoms with Crippen LogP contribution in [-0.2, 0) is 25.7 Å². The van der Waals surface area contributed by atoms with Crippen molar-refractivity contribution in [2.45, 2.75) is 33.1 Å². The zero-order valence-corrected chi connectivity index (χ0v) is 15.4. The summed E-state index contributed by atoms with van der Waals surface area (Å²) in [5.74, 6) is 0. The highest BCUT2D eigenvalue weighted by atomic mass is 14.6. The van der Waals surface area contributed by atoms with Crippen LogP contribution < -0.4 is 11.5 Å². The molecule has 0 radical (unpaired) electrons. The van der Waals surface area contributed by atoms with E-state index in [0.717, 1.165) is 64.9 Å². The van der Waals surface area contributed by atoms with Gasteiger partial charge >= 0.3 is 0 Å². The molecule has 142 valence electrons. The number of nitrogen functional groups attached to an aromatic ring is 2. The summed E-state index contributed by atoms with van der Waals surface area (Å²) in [4.78, 5) is 0. The Kier molecular flexibility index (Phi) is 8.34. The van der Waals surface area contributed by atoms with Crippen molar-refractivity contribution in [2.75, 3.05) is 11.5 Å². The van der Waals surface area contributed by atoms with Crippen LogP contribution in [0.25, 0.3) is 11.1 Å². The molecular weight excluding hydrogens is 328 g/mol. The van der Waals surface area contributed by atoms with Gasteiger partial charge in [0.15, 0.2) is 0 Å². The molecular formula is C25H32N2. The van der Waals surface area contributed by atoms with Gasteiger partial charge in [0.25, 0.3) is 0 Å². The Hall–Kier alpha value is -3.00.